The maximum absolute atomic E-state index is 4.55. The van der Waals surface area contributed by atoms with Crippen LogP contribution in [0.25, 0.3) is 128 Å². The number of nitrogens with zero attached hydrogens (tertiary/aromatic N) is 3. The second-order valence-electron chi connectivity index (χ2n) is 17.9. The first-order valence-electron chi connectivity index (χ1n) is 21.8. The van der Waals surface area contributed by atoms with Crippen molar-refractivity contribution in [1.82, 2.24) is 14.1 Å². The molecule has 1 aliphatic rings. The highest BCUT2D eigenvalue weighted by Crippen LogP contribution is 2.50. The summed E-state index contributed by atoms with van der Waals surface area (Å²) in [4.78, 5) is 4.55. The molecule has 5 aromatic heterocycles. The normalized spacial score (nSPS) is 13.6. The molecular formula is C58H35N3S3. The van der Waals surface area contributed by atoms with Crippen LogP contribution in [0.2, 0.25) is 0 Å². The number of hydrogen-bond acceptors (Lipinski definition) is 4. The van der Waals surface area contributed by atoms with Crippen LogP contribution in [0.5, 0.6) is 0 Å². The molecule has 300 valence electrons. The first kappa shape index (κ1) is 35.4. The van der Waals surface area contributed by atoms with Gasteiger partial charge in [-0.3, -0.25) is 0 Å². The van der Waals surface area contributed by atoms with Gasteiger partial charge in [0.05, 0.1) is 37.8 Å². The summed E-state index contributed by atoms with van der Waals surface area (Å²) in [6.45, 7) is 4.72. The van der Waals surface area contributed by atoms with Gasteiger partial charge >= 0.3 is 0 Å². The molecule has 0 fully saturated rings. The van der Waals surface area contributed by atoms with Crippen LogP contribution in [0, 0.1) is 0 Å². The number of fused-ring (bicyclic) bond motifs is 17. The zero-order chi connectivity index (χ0) is 42.0. The molecule has 0 radical (unpaired) electrons. The van der Waals surface area contributed by atoms with Gasteiger partial charge in [-0.15, -0.1) is 34.0 Å². The summed E-state index contributed by atoms with van der Waals surface area (Å²) in [6.07, 6.45) is 0. The van der Waals surface area contributed by atoms with E-state index < -0.39 is 0 Å². The Morgan fingerprint density at radius 1 is 0.422 bits per heavy atom. The summed E-state index contributed by atoms with van der Waals surface area (Å²) in [7, 11) is 0. The lowest BCUT2D eigenvalue weighted by Crippen LogP contribution is -2.14. The summed E-state index contributed by atoms with van der Waals surface area (Å²) < 4.78 is 11.5. The van der Waals surface area contributed by atoms with Gasteiger partial charge in [0.15, 0.2) is 0 Å². The van der Waals surface area contributed by atoms with Crippen molar-refractivity contribution in [2.75, 3.05) is 0 Å². The van der Waals surface area contributed by atoms with Gasteiger partial charge in [-0.25, -0.2) is 4.98 Å². The fraction of sp³-hybridized carbons (Fsp3) is 0.0517. The van der Waals surface area contributed by atoms with Crippen molar-refractivity contribution in [1.29, 1.82) is 0 Å². The topological polar surface area (TPSA) is 22.8 Å². The Bertz CT molecular complexity index is 4360. The van der Waals surface area contributed by atoms with Crippen molar-refractivity contribution in [3.63, 3.8) is 0 Å². The molecule has 0 bridgehead atoms. The standard InChI is InChI=1S/C58H35N3S3/c1-58(2)45-12-6-3-9-36(45)41-27-34(17-21-46(41)58)61-50-26-33(15-19-37(50)42-29-44-38-10-5-8-14-52(38)63-54(44)30-51(42)61)32-16-24-53-43(25-32)39-20-23-49-56(57(39)64-53)40-11-4-7-13-48(40)60(49)35-18-22-47-55(28-35)62-31-59-47/h3-31H,1-2H3. The van der Waals surface area contributed by atoms with Gasteiger partial charge in [-0.1, -0.05) is 105 Å². The van der Waals surface area contributed by atoms with Crippen LogP contribution < -0.4 is 0 Å². The van der Waals surface area contributed by atoms with Crippen LogP contribution in [0.4, 0.5) is 0 Å². The molecule has 15 rings (SSSR count). The van der Waals surface area contributed by atoms with E-state index in [4.69, 9.17) is 0 Å². The maximum atomic E-state index is 4.55. The number of aromatic nitrogens is 3. The predicted octanol–water partition coefficient (Wildman–Crippen LogP) is 17.2. The van der Waals surface area contributed by atoms with E-state index in [9.17, 15) is 0 Å². The molecule has 1 aliphatic carbocycles. The van der Waals surface area contributed by atoms with Gasteiger partial charge in [0.1, 0.15) is 0 Å². The van der Waals surface area contributed by atoms with Crippen LogP contribution in [0.3, 0.4) is 0 Å². The smallest absolute Gasteiger partial charge is 0.0813 e. The lowest BCUT2D eigenvalue weighted by molar-refractivity contribution is 0.660. The molecule has 6 heteroatoms. The molecule has 64 heavy (non-hydrogen) atoms. The molecule has 0 spiro atoms. The zero-order valence-electron chi connectivity index (χ0n) is 34.8. The lowest BCUT2D eigenvalue weighted by Gasteiger charge is -2.21. The highest BCUT2D eigenvalue weighted by atomic mass is 32.1. The van der Waals surface area contributed by atoms with Gasteiger partial charge in [-0.05, 0) is 112 Å². The Kier molecular flexibility index (Phi) is 6.94. The number of thiazole rings is 1. The van der Waals surface area contributed by atoms with Crippen molar-refractivity contribution in [3.05, 3.63) is 186 Å². The Labute approximate surface area is 379 Å². The average Bonchev–Trinajstić information content (AvgIpc) is 4.18. The minimum Gasteiger partial charge on any atom is -0.309 e. The van der Waals surface area contributed by atoms with Crippen LogP contribution in [0.1, 0.15) is 25.0 Å². The largest absolute Gasteiger partial charge is 0.309 e. The summed E-state index contributed by atoms with van der Waals surface area (Å²) in [5.74, 6) is 0. The van der Waals surface area contributed by atoms with E-state index in [2.05, 4.69) is 198 Å². The molecule has 0 aliphatic heterocycles. The van der Waals surface area contributed by atoms with E-state index in [1.165, 1.54) is 133 Å². The van der Waals surface area contributed by atoms with Gasteiger partial charge in [0.25, 0.3) is 0 Å². The minimum absolute atomic E-state index is 0.0496. The number of benzene rings is 9. The van der Waals surface area contributed by atoms with Crippen LogP contribution in [0.15, 0.2) is 175 Å². The first-order chi connectivity index (χ1) is 31.5. The Morgan fingerprint density at radius 3 is 2.09 bits per heavy atom. The molecular weight excluding hydrogens is 835 g/mol. The number of thiophene rings is 2. The van der Waals surface area contributed by atoms with E-state index in [1.807, 2.05) is 28.2 Å². The summed E-state index contributed by atoms with van der Waals surface area (Å²) in [5.41, 5.74) is 18.1. The number of hydrogen-bond donors (Lipinski definition) is 0. The lowest BCUT2D eigenvalue weighted by atomic mass is 9.82. The molecule has 0 amide bonds. The molecule has 0 saturated heterocycles. The van der Waals surface area contributed by atoms with Crippen LogP contribution in [-0.4, -0.2) is 14.1 Å². The molecule has 14 aromatic rings. The quantitative estimate of drug-likeness (QED) is 0.173. The van der Waals surface area contributed by atoms with E-state index in [0.717, 1.165) is 5.52 Å². The van der Waals surface area contributed by atoms with Crippen molar-refractivity contribution < 1.29 is 0 Å². The maximum Gasteiger partial charge on any atom is 0.0813 e. The predicted molar refractivity (Wildman–Crippen MR) is 277 cm³/mol. The molecule has 0 atom stereocenters. The number of para-hydroxylation sites is 1. The van der Waals surface area contributed by atoms with Gasteiger partial charge < -0.3 is 9.13 Å². The van der Waals surface area contributed by atoms with Crippen molar-refractivity contribution in [3.8, 4) is 33.6 Å². The van der Waals surface area contributed by atoms with Crippen LogP contribution >= 0.6 is 34.0 Å². The van der Waals surface area contributed by atoms with Gasteiger partial charge in [0, 0.05) is 78.7 Å². The van der Waals surface area contributed by atoms with Crippen LogP contribution in [-0.2, 0) is 5.41 Å². The van der Waals surface area contributed by atoms with Gasteiger partial charge in [0.2, 0.25) is 0 Å². The summed E-state index contributed by atoms with van der Waals surface area (Å²) >= 11 is 5.49. The summed E-state index contributed by atoms with van der Waals surface area (Å²) in [6, 6.07) is 64.3. The highest BCUT2D eigenvalue weighted by molar-refractivity contribution is 7.27. The molecule has 0 unspecified atom stereocenters. The second kappa shape index (κ2) is 12.5. The second-order valence-corrected chi connectivity index (χ2v) is 21.0. The molecule has 3 nitrogen and oxygen atoms in total. The van der Waals surface area contributed by atoms with E-state index >= 15 is 0 Å². The summed E-state index contributed by atoms with van der Waals surface area (Å²) in [5, 5.41) is 10.4. The SMILES string of the molecule is CC1(C)c2ccccc2-c2cc(-n3c4cc(-c5ccc6sc7c(ccc8c7c7ccccc7n8-c7ccc8ncsc8c7)c6c5)ccc4c4cc5c(cc43)sc3ccccc35)ccc21. The molecule has 0 saturated carbocycles. The van der Waals surface area contributed by atoms with Gasteiger partial charge in [-0.2, -0.15) is 0 Å². The Morgan fingerprint density at radius 2 is 1.14 bits per heavy atom. The fourth-order valence-electron chi connectivity index (χ4n) is 11.3. The Hall–Kier alpha value is -7.09. The highest BCUT2D eigenvalue weighted by Gasteiger charge is 2.35. The van der Waals surface area contributed by atoms with E-state index in [-0.39, 0.29) is 5.41 Å². The van der Waals surface area contributed by atoms with Crippen molar-refractivity contribution in [2.45, 2.75) is 19.3 Å². The van der Waals surface area contributed by atoms with E-state index in [0.29, 0.717) is 0 Å². The van der Waals surface area contributed by atoms with Crippen molar-refractivity contribution in [2.24, 2.45) is 0 Å². The molecule has 9 aromatic carbocycles. The van der Waals surface area contributed by atoms with E-state index in [1.54, 1.807) is 11.3 Å². The fourth-order valence-corrected chi connectivity index (χ4v) is 14.3. The zero-order valence-corrected chi connectivity index (χ0v) is 37.3. The molecule has 0 N–H and O–H groups in total. The minimum atomic E-state index is -0.0496. The Balaban J connectivity index is 0.944. The van der Waals surface area contributed by atoms with Crippen molar-refractivity contribution >= 4 is 128 Å². The monoisotopic (exact) mass is 869 g/mol. The molecule has 5 heterocycles. The third kappa shape index (κ3) is 4.67. The first-order valence-corrected chi connectivity index (χ1v) is 24.3. The number of rotatable bonds is 3. The third-order valence-electron chi connectivity index (χ3n) is 14.3. The third-order valence-corrected chi connectivity index (χ3v) is 17.4. The average molecular weight is 870 g/mol.